The van der Waals surface area contributed by atoms with Gasteiger partial charge in [-0.2, -0.15) is 0 Å². The third kappa shape index (κ3) is 4.76. The van der Waals surface area contributed by atoms with Gasteiger partial charge in [-0.1, -0.05) is 25.5 Å². The summed E-state index contributed by atoms with van der Waals surface area (Å²) in [4.78, 5) is 13.0. The first-order chi connectivity index (χ1) is 9.04. The minimum atomic E-state index is -0.576. The first-order valence-corrected chi connectivity index (χ1v) is 7.60. The van der Waals surface area contributed by atoms with Gasteiger partial charge in [0.05, 0.1) is 17.8 Å². The number of urea groups is 1. The minimum Gasteiger partial charge on any atom is -0.394 e. The van der Waals surface area contributed by atoms with E-state index in [1.54, 1.807) is 11.8 Å². The molecule has 1 rings (SSSR count). The fraction of sp³-hybridized carbons (Fsp3) is 0.500. The van der Waals surface area contributed by atoms with Gasteiger partial charge in [-0.25, -0.2) is 4.79 Å². The highest BCUT2D eigenvalue weighted by Crippen LogP contribution is 2.24. The van der Waals surface area contributed by atoms with Gasteiger partial charge >= 0.3 is 6.03 Å². The molecule has 1 unspecified atom stereocenters. The lowest BCUT2D eigenvalue weighted by Crippen LogP contribution is -2.50. The van der Waals surface area contributed by atoms with E-state index in [4.69, 9.17) is 0 Å². The molecule has 3 N–H and O–H groups in total. The van der Waals surface area contributed by atoms with Crippen molar-refractivity contribution in [2.45, 2.75) is 37.1 Å². The van der Waals surface area contributed by atoms with Gasteiger partial charge in [-0.05, 0) is 31.7 Å². The second kappa shape index (κ2) is 7.40. The molecule has 0 heterocycles. The number of rotatable bonds is 6. The fourth-order valence-corrected chi connectivity index (χ4v) is 2.46. The number of thioether (sulfide) groups is 1. The van der Waals surface area contributed by atoms with Crippen LogP contribution in [0.15, 0.2) is 29.2 Å². The smallest absolute Gasteiger partial charge is 0.319 e. The molecule has 1 aromatic rings. The van der Waals surface area contributed by atoms with E-state index < -0.39 is 5.54 Å². The topological polar surface area (TPSA) is 61.4 Å². The van der Waals surface area contributed by atoms with Gasteiger partial charge in [-0.3, -0.25) is 0 Å². The maximum Gasteiger partial charge on any atom is 0.319 e. The molecule has 0 saturated carbocycles. The summed E-state index contributed by atoms with van der Waals surface area (Å²) in [6.07, 6.45) is 3.60. The predicted molar refractivity (Wildman–Crippen MR) is 80.8 cm³/mol. The summed E-state index contributed by atoms with van der Waals surface area (Å²) < 4.78 is 0. The van der Waals surface area contributed by atoms with E-state index in [0.717, 1.165) is 23.4 Å². The number of aliphatic hydroxyl groups is 1. The lowest BCUT2D eigenvalue weighted by Gasteiger charge is -2.28. The highest BCUT2D eigenvalue weighted by atomic mass is 32.2. The summed E-state index contributed by atoms with van der Waals surface area (Å²) in [7, 11) is 0. The Morgan fingerprint density at radius 3 is 2.68 bits per heavy atom. The zero-order valence-electron chi connectivity index (χ0n) is 11.7. The van der Waals surface area contributed by atoms with E-state index in [-0.39, 0.29) is 12.6 Å². The second-order valence-corrected chi connectivity index (χ2v) is 5.60. The lowest BCUT2D eigenvalue weighted by atomic mass is 9.98. The van der Waals surface area contributed by atoms with Crippen LogP contribution in [-0.4, -0.2) is 29.5 Å². The fourth-order valence-electron chi connectivity index (χ4n) is 1.91. The molecule has 0 fully saturated rings. The lowest BCUT2D eigenvalue weighted by molar-refractivity contribution is 0.167. The van der Waals surface area contributed by atoms with Crippen LogP contribution in [0.4, 0.5) is 10.5 Å². The number of anilines is 1. The van der Waals surface area contributed by atoms with Gasteiger partial charge in [0.15, 0.2) is 0 Å². The average molecular weight is 282 g/mol. The van der Waals surface area contributed by atoms with Crippen molar-refractivity contribution in [1.82, 2.24) is 5.32 Å². The first kappa shape index (κ1) is 15.9. The zero-order valence-corrected chi connectivity index (χ0v) is 12.5. The Morgan fingerprint density at radius 1 is 1.42 bits per heavy atom. The maximum absolute atomic E-state index is 12.0. The number of carbonyl (C=O) groups excluding carboxylic acids is 1. The normalized spacial score (nSPS) is 13.7. The SMILES string of the molecule is CCCC(C)(CO)NC(=O)Nc1ccccc1SC. The van der Waals surface area contributed by atoms with Crippen molar-refractivity contribution in [3.05, 3.63) is 24.3 Å². The summed E-state index contributed by atoms with van der Waals surface area (Å²) in [5.41, 5.74) is 0.205. The summed E-state index contributed by atoms with van der Waals surface area (Å²) in [5.74, 6) is 0. The van der Waals surface area contributed by atoms with Crippen LogP contribution < -0.4 is 10.6 Å². The average Bonchev–Trinajstić information content (AvgIpc) is 2.39. The van der Waals surface area contributed by atoms with Crippen molar-refractivity contribution in [2.75, 3.05) is 18.2 Å². The molecule has 1 aromatic carbocycles. The molecule has 19 heavy (non-hydrogen) atoms. The summed E-state index contributed by atoms with van der Waals surface area (Å²) in [6, 6.07) is 7.35. The van der Waals surface area contributed by atoms with Gasteiger partial charge in [0, 0.05) is 4.90 Å². The number of hydrogen-bond acceptors (Lipinski definition) is 3. The van der Waals surface area contributed by atoms with Gasteiger partial charge in [0.1, 0.15) is 0 Å². The van der Waals surface area contributed by atoms with E-state index in [1.165, 1.54) is 0 Å². The molecule has 0 bridgehead atoms. The minimum absolute atomic E-state index is 0.0710. The maximum atomic E-state index is 12.0. The van der Waals surface area contributed by atoms with Crippen LogP contribution >= 0.6 is 11.8 Å². The Balaban J connectivity index is 2.69. The van der Waals surface area contributed by atoms with Crippen LogP contribution in [0.25, 0.3) is 0 Å². The Bertz CT molecular complexity index is 426. The van der Waals surface area contributed by atoms with E-state index in [2.05, 4.69) is 10.6 Å². The molecule has 0 aliphatic carbocycles. The third-order valence-electron chi connectivity index (χ3n) is 2.92. The second-order valence-electron chi connectivity index (χ2n) is 4.75. The largest absolute Gasteiger partial charge is 0.394 e. The van der Waals surface area contributed by atoms with Crippen LogP contribution in [0.1, 0.15) is 26.7 Å². The van der Waals surface area contributed by atoms with E-state index in [0.29, 0.717) is 0 Å². The molecule has 1 atom stereocenters. The number of carbonyl (C=O) groups is 1. The van der Waals surface area contributed by atoms with Crippen LogP contribution in [0, 0.1) is 0 Å². The molecule has 0 radical (unpaired) electrons. The molecule has 2 amide bonds. The highest BCUT2D eigenvalue weighted by molar-refractivity contribution is 7.98. The molecule has 0 aromatic heterocycles. The van der Waals surface area contributed by atoms with Crippen LogP contribution in [0.3, 0.4) is 0 Å². The van der Waals surface area contributed by atoms with Crippen molar-refractivity contribution < 1.29 is 9.90 Å². The molecular weight excluding hydrogens is 260 g/mol. The van der Waals surface area contributed by atoms with Gasteiger partial charge in [0.25, 0.3) is 0 Å². The molecule has 0 aliphatic heterocycles. The highest BCUT2D eigenvalue weighted by Gasteiger charge is 2.24. The Morgan fingerprint density at radius 2 is 2.11 bits per heavy atom. The van der Waals surface area contributed by atoms with Crippen LogP contribution in [0.5, 0.6) is 0 Å². The summed E-state index contributed by atoms with van der Waals surface area (Å²) >= 11 is 1.58. The predicted octanol–water partition coefficient (Wildman–Crippen LogP) is 3.08. The third-order valence-corrected chi connectivity index (χ3v) is 3.72. The Labute approximate surface area is 119 Å². The number of benzene rings is 1. The Hall–Kier alpha value is -1.20. The molecule has 5 heteroatoms. The molecule has 106 valence electrons. The van der Waals surface area contributed by atoms with Crippen molar-refractivity contribution in [2.24, 2.45) is 0 Å². The van der Waals surface area contributed by atoms with Gasteiger partial charge in [-0.15, -0.1) is 11.8 Å². The standard InChI is InChI=1S/C14H22N2O2S/c1-4-9-14(2,10-17)16-13(18)15-11-7-5-6-8-12(11)19-3/h5-8,17H,4,9-10H2,1-3H3,(H2,15,16,18). The zero-order chi connectivity index (χ0) is 14.3. The summed E-state index contributed by atoms with van der Waals surface area (Å²) in [6.45, 7) is 3.80. The number of amides is 2. The van der Waals surface area contributed by atoms with E-state index >= 15 is 0 Å². The van der Waals surface area contributed by atoms with Crippen molar-refractivity contribution in [3.63, 3.8) is 0 Å². The quantitative estimate of drug-likeness (QED) is 0.703. The monoisotopic (exact) mass is 282 g/mol. The van der Waals surface area contributed by atoms with E-state index in [9.17, 15) is 9.90 Å². The van der Waals surface area contributed by atoms with Crippen LogP contribution in [-0.2, 0) is 0 Å². The molecule has 0 spiro atoms. The Kier molecular flexibility index (Phi) is 6.18. The molecule has 4 nitrogen and oxygen atoms in total. The number of nitrogens with one attached hydrogen (secondary N) is 2. The molecule has 0 aliphatic rings. The molecule has 0 saturated heterocycles. The number of hydrogen-bond donors (Lipinski definition) is 3. The van der Waals surface area contributed by atoms with Crippen molar-refractivity contribution >= 4 is 23.5 Å². The van der Waals surface area contributed by atoms with Crippen molar-refractivity contribution in [3.8, 4) is 0 Å². The van der Waals surface area contributed by atoms with E-state index in [1.807, 2.05) is 44.4 Å². The van der Waals surface area contributed by atoms with Crippen LogP contribution in [0.2, 0.25) is 0 Å². The van der Waals surface area contributed by atoms with Gasteiger partial charge in [0.2, 0.25) is 0 Å². The summed E-state index contributed by atoms with van der Waals surface area (Å²) in [5, 5.41) is 15.0. The van der Waals surface area contributed by atoms with Crippen molar-refractivity contribution in [1.29, 1.82) is 0 Å². The first-order valence-electron chi connectivity index (χ1n) is 6.37. The molecular formula is C14H22N2O2S. The van der Waals surface area contributed by atoms with Gasteiger partial charge < -0.3 is 15.7 Å². The number of aliphatic hydroxyl groups excluding tert-OH is 1. The number of para-hydroxylation sites is 1.